The fraction of sp³-hybridized carbons (Fsp3) is 0.438. The molecule has 0 saturated carbocycles. The number of hydrogen-bond acceptors (Lipinski definition) is 6. The Labute approximate surface area is 144 Å². The number of rotatable bonds is 7. The fourth-order valence-electron chi connectivity index (χ4n) is 2.08. The molecule has 2 aromatic rings. The average Bonchev–Trinajstić information content (AvgIpc) is 2.95. The Morgan fingerprint density at radius 1 is 1.38 bits per heavy atom. The minimum atomic E-state index is -0.628. The van der Waals surface area contributed by atoms with E-state index in [1.807, 2.05) is 32.0 Å². The van der Waals surface area contributed by atoms with Crippen molar-refractivity contribution in [3.8, 4) is 0 Å². The predicted octanol–water partition coefficient (Wildman–Crippen LogP) is 1.48. The van der Waals surface area contributed by atoms with E-state index in [2.05, 4.69) is 15.6 Å². The van der Waals surface area contributed by atoms with E-state index >= 15 is 0 Å². The van der Waals surface area contributed by atoms with E-state index in [1.165, 1.54) is 11.3 Å². The molecule has 0 spiro atoms. The lowest BCUT2D eigenvalue weighted by Crippen LogP contribution is -2.46. The van der Waals surface area contributed by atoms with Gasteiger partial charge in [-0.15, -0.1) is 0 Å². The minimum absolute atomic E-state index is 0.0107. The monoisotopic (exact) mass is 350 g/mol. The molecule has 24 heavy (non-hydrogen) atoms. The number of carbonyl (C=O) groups excluding carboxylic acids is 2. The van der Waals surface area contributed by atoms with Gasteiger partial charge in [0.15, 0.2) is 5.13 Å². The zero-order chi connectivity index (χ0) is 17.7. The number of thiazole rings is 1. The van der Waals surface area contributed by atoms with Crippen molar-refractivity contribution in [1.82, 2.24) is 10.3 Å². The number of para-hydroxylation sites is 1. The summed E-state index contributed by atoms with van der Waals surface area (Å²) in [6.45, 7) is 4.02. The molecule has 130 valence electrons. The number of fused-ring (bicyclic) bond motifs is 1. The summed E-state index contributed by atoms with van der Waals surface area (Å²) >= 11 is 1.38. The summed E-state index contributed by atoms with van der Waals surface area (Å²) in [7, 11) is 1.62. The smallest absolute Gasteiger partial charge is 0.245 e. The molecule has 1 aromatic carbocycles. The number of carbonyl (C=O) groups is 2. The molecule has 1 aromatic heterocycles. The highest BCUT2D eigenvalue weighted by molar-refractivity contribution is 7.22. The number of nitrogens with zero attached hydrogens (tertiary/aromatic N) is 1. The normalized spacial score (nSPS) is 12.4. The van der Waals surface area contributed by atoms with Crippen LogP contribution in [0.25, 0.3) is 10.2 Å². The lowest BCUT2D eigenvalue weighted by Gasteiger charge is -2.14. The first-order valence-corrected chi connectivity index (χ1v) is 8.44. The number of anilines is 1. The zero-order valence-electron chi connectivity index (χ0n) is 14.0. The van der Waals surface area contributed by atoms with Gasteiger partial charge < -0.3 is 21.1 Å². The van der Waals surface area contributed by atoms with Crippen molar-refractivity contribution in [1.29, 1.82) is 0 Å². The SMILES string of the molecule is COCc1cccc2sc(NC(=O)CNC(=O)[C@@H](N)C(C)C)nc12. The third kappa shape index (κ3) is 4.50. The highest BCUT2D eigenvalue weighted by Crippen LogP contribution is 2.28. The molecule has 0 aliphatic heterocycles. The Morgan fingerprint density at radius 3 is 2.79 bits per heavy atom. The van der Waals surface area contributed by atoms with Gasteiger partial charge in [-0.25, -0.2) is 4.98 Å². The topological polar surface area (TPSA) is 106 Å². The lowest BCUT2D eigenvalue weighted by atomic mass is 10.1. The molecule has 0 saturated heterocycles. The quantitative estimate of drug-likeness (QED) is 0.701. The largest absolute Gasteiger partial charge is 0.380 e. The molecule has 2 rings (SSSR count). The van der Waals surface area contributed by atoms with Crippen molar-refractivity contribution in [3.05, 3.63) is 23.8 Å². The maximum absolute atomic E-state index is 12.0. The van der Waals surface area contributed by atoms with Crippen molar-refractivity contribution in [3.63, 3.8) is 0 Å². The Morgan fingerprint density at radius 2 is 2.12 bits per heavy atom. The molecular weight excluding hydrogens is 328 g/mol. The van der Waals surface area contributed by atoms with E-state index < -0.39 is 6.04 Å². The molecule has 0 fully saturated rings. The predicted molar refractivity (Wildman–Crippen MR) is 94.8 cm³/mol. The first-order chi connectivity index (χ1) is 11.4. The van der Waals surface area contributed by atoms with E-state index in [4.69, 9.17) is 10.5 Å². The van der Waals surface area contributed by atoms with E-state index in [1.54, 1.807) is 7.11 Å². The summed E-state index contributed by atoms with van der Waals surface area (Å²) in [5.74, 6) is -0.671. The highest BCUT2D eigenvalue weighted by atomic mass is 32.1. The summed E-state index contributed by atoms with van der Waals surface area (Å²) in [5, 5.41) is 5.71. The fourth-order valence-corrected chi connectivity index (χ4v) is 3.01. The third-order valence-corrected chi connectivity index (χ3v) is 4.43. The van der Waals surface area contributed by atoms with Gasteiger partial charge in [-0.1, -0.05) is 37.3 Å². The van der Waals surface area contributed by atoms with E-state index in [9.17, 15) is 9.59 Å². The van der Waals surface area contributed by atoms with Gasteiger partial charge in [-0.3, -0.25) is 9.59 Å². The van der Waals surface area contributed by atoms with Crippen LogP contribution in [0.2, 0.25) is 0 Å². The van der Waals surface area contributed by atoms with Crippen molar-refractivity contribution in [2.24, 2.45) is 11.7 Å². The average molecular weight is 350 g/mol. The molecule has 1 atom stereocenters. The number of ether oxygens (including phenoxy) is 1. The molecule has 4 N–H and O–H groups in total. The first kappa shape index (κ1) is 18.3. The van der Waals surface area contributed by atoms with Crippen LogP contribution in [0.1, 0.15) is 19.4 Å². The first-order valence-electron chi connectivity index (χ1n) is 7.63. The van der Waals surface area contributed by atoms with Crippen LogP contribution in [0.4, 0.5) is 5.13 Å². The van der Waals surface area contributed by atoms with Crippen molar-refractivity contribution in [2.45, 2.75) is 26.5 Å². The number of aromatic nitrogens is 1. The van der Waals surface area contributed by atoms with Crippen molar-refractivity contribution >= 4 is 38.5 Å². The summed E-state index contributed by atoms with van der Waals surface area (Å²) in [4.78, 5) is 28.2. The molecule has 0 radical (unpaired) electrons. The maximum Gasteiger partial charge on any atom is 0.245 e. The van der Waals surface area contributed by atoms with E-state index in [-0.39, 0.29) is 24.3 Å². The van der Waals surface area contributed by atoms with Crippen LogP contribution in [0.5, 0.6) is 0 Å². The molecule has 0 aliphatic rings. The van der Waals surface area contributed by atoms with Gasteiger partial charge in [-0.05, 0) is 12.0 Å². The molecule has 8 heteroatoms. The maximum atomic E-state index is 12.0. The third-order valence-electron chi connectivity index (χ3n) is 3.49. The van der Waals surface area contributed by atoms with Crippen LogP contribution < -0.4 is 16.4 Å². The van der Waals surface area contributed by atoms with Crippen molar-refractivity contribution < 1.29 is 14.3 Å². The van der Waals surface area contributed by atoms with Crippen LogP contribution in [-0.4, -0.2) is 36.5 Å². The molecule has 7 nitrogen and oxygen atoms in total. The molecular formula is C16H22N4O3S. The van der Waals surface area contributed by atoms with E-state index in [0.29, 0.717) is 11.7 Å². The second kappa shape index (κ2) is 8.18. The second-order valence-electron chi connectivity index (χ2n) is 5.75. The van der Waals surface area contributed by atoms with Gasteiger partial charge in [0.2, 0.25) is 11.8 Å². The van der Waals surface area contributed by atoms with Gasteiger partial charge in [0, 0.05) is 12.7 Å². The molecule has 2 amide bonds. The van der Waals surface area contributed by atoms with Crippen LogP contribution >= 0.6 is 11.3 Å². The summed E-state index contributed by atoms with van der Waals surface area (Å²) in [5.41, 5.74) is 7.50. The highest BCUT2D eigenvalue weighted by Gasteiger charge is 2.18. The van der Waals surface area contributed by atoms with Crippen LogP contribution in [0.15, 0.2) is 18.2 Å². The number of nitrogens with two attached hydrogens (primary N) is 1. The lowest BCUT2D eigenvalue weighted by molar-refractivity contribution is -0.125. The number of hydrogen-bond donors (Lipinski definition) is 3. The number of nitrogens with one attached hydrogen (secondary N) is 2. The summed E-state index contributed by atoms with van der Waals surface area (Å²) < 4.78 is 6.11. The summed E-state index contributed by atoms with van der Waals surface area (Å²) in [6, 6.07) is 5.17. The van der Waals surface area contributed by atoms with Gasteiger partial charge >= 0.3 is 0 Å². The van der Waals surface area contributed by atoms with Gasteiger partial charge in [-0.2, -0.15) is 0 Å². The standard InChI is InChI=1S/C16H22N4O3S/c1-9(2)13(17)15(22)18-7-12(21)19-16-20-14-10(8-23-3)5-4-6-11(14)24-16/h4-6,9,13H,7-8,17H2,1-3H3,(H,18,22)(H,19,20,21)/t13-/m0/s1. The Balaban J connectivity index is 1.98. The van der Waals surface area contributed by atoms with Crippen molar-refractivity contribution in [2.75, 3.05) is 19.0 Å². The zero-order valence-corrected chi connectivity index (χ0v) is 14.8. The van der Waals surface area contributed by atoms with Crippen LogP contribution in [-0.2, 0) is 20.9 Å². The van der Waals surface area contributed by atoms with E-state index in [0.717, 1.165) is 15.8 Å². The summed E-state index contributed by atoms with van der Waals surface area (Å²) in [6.07, 6.45) is 0. The molecule has 0 bridgehead atoms. The second-order valence-corrected chi connectivity index (χ2v) is 6.78. The number of benzene rings is 1. The Hall–Kier alpha value is -2.03. The number of amides is 2. The minimum Gasteiger partial charge on any atom is -0.380 e. The Kier molecular flexibility index (Phi) is 6.24. The molecule has 1 heterocycles. The van der Waals surface area contributed by atoms with Crippen LogP contribution in [0.3, 0.4) is 0 Å². The van der Waals surface area contributed by atoms with Gasteiger partial charge in [0.25, 0.3) is 0 Å². The Bertz CT molecular complexity index is 729. The van der Waals surface area contributed by atoms with Crippen LogP contribution in [0, 0.1) is 5.92 Å². The number of methoxy groups -OCH3 is 1. The molecule has 0 aliphatic carbocycles. The molecule has 0 unspecified atom stereocenters. The van der Waals surface area contributed by atoms with Gasteiger partial charge in [0.1, 0.15) is 0 Å². The van der Waals surface area contributed by atoms with Gasteiger partial charge in [0.05, 0.1) is 29.4 Å².